The van der Waals surface area contributed by atoms with Crippen LogP contribution in [0.3, 0.4) is 0 Å². The van der Waals surface area contributed by atoms with Crippen LogP contribution in [0, 0.1) is 0 Å². The lowest BCUT2D eigenvalue weighted by molar-refractivity contribution is 0.0466. The minimum Gasteiger partial charge on any atom is -0.478 e. The van der Waals surface area contributed by atoms with Gasteiger partial charge in [-0.1, -0.05) is 13.8 Å². The molecule has 0 aliphatic heterocycles. The third-order valence-corrected chi connectivity index (χ3v) is 4.19. The number of likely N-dealkylation sites (N-methyl/N-ethyl adjacent to an activating group) is 1. The van der Waals surface area contributed by atoms with E-state index in [1.807, 2.05) is 13.8 Å². The molecular weight excluding hydrogens is 364 g/mol. The fourth-order valence-electron chi connectivity index (χ4n) is 2.58. The lowest BCUT2D eigenvalue weighted by atomic mass is 10.2. The summed E-state index contributed by atoms with van der Waals surface area (Å²) >= 11 is 0. The Morgan fingerprint density at radius 1 is 1.18 bits per heavy atom. The molecule has 0 saturated heterocycles. The predicted molar refractivity (Wildman–Crippen MR) is 103 cm³/mol. The number of aromatic carboxylic acids is 1. The average Bonchev–Trinajstić information content (AvgIpc) is 3.08. The minimum absolute atomic E-state index is 0.185. The monoisotopic (exact) mass is 388 g/mol. The SMILES string of the molecule is CCN(CC)CCOC(=O)c1ccc(NC(=O)c2nn(C)cc2C(=O)O)cc1. The molecule has 0 bridgehead atoms. The molecule has 0 fully saturated rings. The predicted octanol–water partition coefficient (Wildman–Crippen LogP) is 1.87. The van der Waals surface area contributed by atoms with E-state index in [4.69, 9.17) is 9.84 Å². The topological polar surface area (TPSA) is 114 Å². The van der Waals surface area contributed by atoms with Crippen molar-refractivity contribution in [3.63, 3.8) is 0 Å². The summed E-state index contributed by atoms with van der Waals surface area (Å²) in [5, 5.41) is 15.6. The van der Waals surface area contributed by atoms with Gasteiger partial charge in [0.05, 0.1) is 5.56 Å². The second-order valence-electron chi connectivity index (χ2n) is 6.06. The maximum atomic E-state index is 12.3. The van der Waals surface area contributed by atoms with E-state index in [0.29, 0.717) is 24.4 Å². The molecule has 1 aromatic carbocycles. The van der Waals surface area contributed by atoms with Crippen molar-refractivity contribution in [3.8, 4) is 0 Å². The molecule has 2 N–H and O–H groups in total. The molecule has 0 saturated carbocycles. The normalized spacial score (nSPS) is 10.7. The van der Waals surface area contributed by atoms with E-state index in [9.17, 15) is 14.4 Å². The summed E-state index contributed by atoms with van der Waals surface area (Å²) in [6, 6.07) is 6.16. The van der Waals surface area contributed by atoms with Gasteiger partial charge in [0.1, 0.15) is 12.2 Å². The smallest absolute Gasteiger partial charge is 0.339 e. The Hall–Kier alpha value is -3.20. The van der Waals surface area contributed by atoms with Crippen LogP contribution in [-0.2, 0) is 11.8 Å². The maximum absolute atomic E-state index is 12.3. The van der Waals surface area contributed by atoms with Gasteiger partial charge in [-0.2, -0.15) is 5.10 Å². The maximum Gasteiger partial charge on any atom is 0.339 e. The van der Waals surface area contributed by atoms with Gasteiger partial charge in [0, 0.05) is 25.5 Å². The molecule has 0 radical (unpaired) electrons. The van der Waals surface area contributed by atoms with E-state index in [1.165, 1.54) is 30.1 Å². The lowest BCUT2D eigenvalue weighted by Crippen LogP contribution is -2.27. The largest absolute Gasteiger partial charge is 0.478 e. The lowest BCUT2D eigenvalue weighted by Gasteiger charge is -2.17. The second-order valence-corrected chi connectivity index (χ2v) is 6.06. The Kier molecular flexibility index (Phi) is 7.28. The van der Waals surface area contributed by atoms with E-state index < -0.39 is 17.8 Å². The molecule has 0 spiro atoms. The van der Waals surface area contributed by atoms with E-state index >= 15 is 0 Å². The molecule has 9 heteroatoms. The first kappa shape index (κ1) is 21.1. The Morgan fingerprint density at radius 3 is 2.39 bits per heavy atom. The van der Waals surface area contributed by atoms with Crippen LogP contribution >= 0.6 is 0 Å². The highest BCUT2D eigenvalue weighted by atomic mass is 16.5. The molecule has 2 rings (SSSR count). The van der Waals surface area contributed by atoms with Crippen molar-refractivity contribution in [1.29, 1.82) is 0 Å². The first-order chi connectivity index (χ1) is 13.3. The standard InChI is InChI=1S/C19H24N4O5/c1-4-23(5-2)10-11-28-19(27)13-6-8-14(9-7-13)20-17(24)16-15(18(25)26)12-22(3)21-16/h6-9,12H,4-5,10-11H2,1-3H3,(H,20,24)(H,25,26). The van der Waals surface area contributed by atoms with Crippen molar-refractivity contribution in [2.24, 2.45) is 7.05 Å². The number of carbonyl (C=O) groups is 3. The number of hydrogen-bond donors (Lipinski definition) is 2. The molecule has 28 heavy (non-hydrogen) atoms. The molecule has 0 aliphatic rings. The Balaban J connectivity index is 1.96. The Labute approximate surface area is 162 Å². The first-order valence-electron chi connectivity index (χ1n) is 8.93. The number of ether oxygens (including phenoxy) is 1. The van der Waals surface area contributed by atoms with Gasteiger partial charge in [-0.15, -0.1) is 0 Å². The number of amides is 1. The fourth-order valence-corrected chi connectivity index (χ4v) is 2.58. The number of rotatable bonds is 9. The van der Waals surface area contributed by atoms with Crippen LogP contribution in [-0.4, -0.2) is 63.9 Å². The second kappa shape index (κ2) is 9.65. The number of aromatic nitrogens is 2. The molecule has 1 heterocycles. The number of carboxylic acids is 1. The van der Waals surface area contributed by atoms with Crippen LogP contribution < -0.4 is 5.32 Å². The summed E-state index contributed by atoms with van der Waals surface area (Å²) in [5.74, 6) is -2.32. The molecular formula is C19H24N4O5. The van der Waals surface area contributed by atoms with E-state index in [-0.39, 0.29) is 11.3 Å². The van der Waals surface area contributed by atoms with Crippen molar-refractivity contribution < 1.29 is 24.2 Å². The highest BCUT2D eigenvalue weighted by Crippen LogP contribution is 2.14. The summed E-state index contributed by atoms with van der Waals surface area (Å²) in [5.41, 5.74) is 0.400. The van der Waals surface area contributed by atoms with Gasteiger partial charge in [-0.05, 0) is 37.4 Å². The van der Waals surface area contributed by atoms with Crippen LogP contribution in [0.4, 0.5) is 5.69 Å². The van der Waals surface area contributed by atoms with Gasteiger partial charge < -0.3 is 20.1 Å². The van der Waals surface area contributed by atoms with Gasteiger partial charge in [-0.3, -0.25) is 9.48 Å². The molecule has 150 valence electrons. The van der Waals surface area contributed by atoms with Crippen LogP contribution in [0.2, 0.25) is 0 Å². The highest BCUT2D eigenvalue weighted by Gasteiger charge is 2.21. The average molecular weight is 388 g/mol. The van der Waals surface area contributed by atoms with Gasteiger partial charge in [0.15, 0.2) is 5.69 Å². The summed E-state index contributed by atoms with van der Waals surface area (Å²) in [4.78, 5) is 37.7. The van der Waals surface area contributed by atoms with E-state index in [2.05, 4.69) is 15.3 Å². The number of hydrogen-bond acceptors (Lipinski definition) is 6. The van der Waals surface area contributed by atoms with Crippen molar-refractivity contribution in [2.45, 2.75) is 13.8 Å². The molecule has 0 unspecified atom stereocenters. The van der Waals surface area contributed by atoms with Gasteiger partial charge in [0.2, 0.25) is 0 Å². The summed E-state index contributed by atoms with van der Waals surface area (Å²) < 4.78 is 6.51. The minimum atomic E-state index is -1.24. The quantitative estimate of drug-likeness (QED) is 0.630. The van der Waals surface area contributed by atoms with Gasteiger partial charge in [-0.25, -0.2) is 9.59 Å². The van der Waals surface area contributed by atoms with Crippen LogP contribution in [0.1, 0.15) is 45.1 Å². The first-order valence-corrected chi connectivity index (χ1v) is 8.93. The van der Waals surface area contributed by atoms with E-state index in [1.54, 1.807) is 12.1 Å². The van der Waals surface area contributed by atoms with Crippen molar-refractivity contribution in [1.82, 2.24) is 14.7 Å². The molecule has 9 nitrogen and oxygen atoms in total. The molecule has 0 atom stereocenters. The van der Waals surface area contributed by atoms with Gasteiger partial charge in [0.25, 0.3) is 5.91 Å². The van der Waals surface area contributed by atoms with E-state index in [0.717, 1.165) is 13.1 Å². The van der Waals surface area contributed by atoms with Crippen LogP contribution in [0.5, 0.6) is 0 Å². The molecule has 1 aromatic heterocycles. The van der Waals surface area contributed by atoms with Gasteiger partial charge >= 0.3 is 11.9 Å². The molecule has 1 amide bonds. The zero-order chi connectivity index (χ0) is 20.7. The molecule has 2 aromatic rings. The van der Waals surface area contributed by atoms with Crippen LogP contribution in [0.25, 0.3) is 0 Å². The number of anilines is 1. The number of esters is 1. The highest BCUT2D eigenvalue weighted by molar-refractivity contribution is 6.09. The van der Waals surface area contributed by atoms with Crippen molar-refractivity contribution in [2.75, 3.05) is 31.6 Å². The number of aryl methyl sites for hydroxylation is 1. The third-order valence-electron chi connectivity index (χ3n) is 4.19. The molecule has 0 aliphatic carbocycles. The number of carboxylic acid groups (broad SMARTS) is 1. The number of nitrogens with one attached hydrogen (secondary N) is 1. The summed E-state index contributed by atoms with van der Waals surface area (Å²) in [7, 11) is 1.53. The van der Waals surface area contributed by atoms with Crippen LogP contribution in [0.15, 0.2) is 30.5 Å². The van der Waals surface area contributed by atoms with Crippen molar-refractivity contribution >= 4 is 23.5 Å². The zero-order valence-electron chi connectivity index (χ0n) is 16.1. The number of carbonyl (C=O) groups excluding carboxylic acids is 2. The number of nitrogens with zero attached hydrogens (tertiary/aromatic N) is 3. The fraction of sp³-hybridized carbons (Fsp3) is 0.368. The third kappa shape index (κ3) is 5.40. The number of benzene rings is 1. The zero-order valence-corrected chi connectivity index (χ0v) is 16.1. The summed E-state index contributed by atoms with van der Waals surface area (Å²) in [6.45, 7) is 6.84. The Morgan fingerprint density at radius 2 is 1.82 bits per heavy atom. The Bertz CT molecular complexity index is 841. The van der Waals surface area contributed by atoms with Crippen molar-refractivity contribution in [3.05, 3.63) is 47.3 Å². The summed E-state index contributed by atoms with van der Waals surface area (Å²) in [6.07, 6.45) is 1.26.